The minimum absolute atomic E-state index is 0.0202. The number of carbonyl (C=O) groups excluding carboxylic acids is 2. The second-order valence-electron chi connectivity index (χ2n) is 2.71. The maximum absolute atomic E-state index is 11.5. The highest BCUT2D eigenvalue weighted by molar-refractivity contribution is 6.21. The predicted molar refractivity (Wildman–Crippen MR) is 43.2 cm³/mol. The van der Waals surface area contributed by atoms with Crippen molar-refractivity contribution in [1.29, 1.82) is 0 Å². The summed E-state index contributed by atoms with van der Waals surface area (Å²) in [6.07, 6.45) is 0. The van der Waals surface area contributed by atoms with E-state index in [1.807, 2.05) is 0 Å². The zero-order chi connectivity index (χ0) is 9.42. The first-order valence-corrected chi connectivity index (χ1v) is 4.37. The van der Waals surface area contributed by atoms with E-state index in [-0.39, 0.29) is 17.8 Å². The predicted octanol–water partition coefficient (Wildman–Crippen LogP) is 0.522. The van der Waals surface area contributed by atoms with Crippen LogP contribution in [0.3, 0.4) is 0 Å². The highest BCUT2D eigenvalue weighted by Crippen LogP contribution is 2.21. The lowest BCUT2D eigenvalue weighted by molar-refractivity contribution is -0.388. The Balaban J connectivity index is 2.57. The fraction of sp³-hybridized carbons (Fsp3) is 0.111. The standard InChI is InChI=1S/C9H7ClNO2/c10-5-11-8(12)6-3-1-2-4-7(6)9(11)13/h1-4,10H,5H2/q+1. The van der Waals surface area contributed by atoms with Crippen molar-refractivity contribution in [2.24, 2.45) is 0 Å². The lowest BCUT2D eigenvalue weighted by atomic mass is 10.1. The van der Waals surface area contributed by atoms with Crippen molar-refractivity contribution in [2.45, 2.75) is 0 Å². The summed E-state index contributed by atoms with van der Waals surface area (Å²) < 4.78 is 0. The molecule has 0 saturated carbocycles. The van der Waals surface area contributed by atoms with Gasteiger partial charge in [-0.3, -0.25) is 9.59 Å². The number of fused-ring (bicyclic) bond motifs is 1. The SMILES string of the molecule is O=C1c2ccccc2C(=O)N1C[ClH+]. The van der Waals surface area contributed by atoms with E-state index in [9.17, 15) is 9.59 Å². The van der Waals surface area contributed by atoms with Crippen LogP contribution in [0.2, 0.25) is 0 Å². The number of halogens is 1. The van der Waals surface area contributed by atoms with E-state index in [0.717, 1.165) is 4.90 Å². The Bertz CT molecular complexity index is 354. The van der Waals surface area contributed by atoms with Crippen molar-refractivity contribution in [3.8, 4) is 0 Å². The number of carbonyl (C=O) groups is 2. The summed E-state index contributed by atoms with van der Waals surface area (Å²) in [4.78, 5) is 24.0. The zero-order valence-corrected chi connectivity index (χ0v) is 7.50. The largest absolute Gasteiger partial charge is 0.268 e. The van der Waals surface area contributed by atoms with Crippen molar-refractivity contribution in [3.05, 3.63) is 35.4 Å². The van der Waals surface area contributed by atoms with Gasteiger partial charge in [-0.2, -0.15) is 0 Å². The molecule has 0 saturated heterocycles. The molecular formula is C9H7ClNO2+. The van der Waals surface area contributed by atoms with Crippen molar-refractivity contribution >= 4 is 11.8 Å². The maximum atomic E-state index is 11.5. The topological polar surface area (TPSA) is 37.4 Å². The van der Waals surface area contributed by atoms with E-state index in [0.29, 0.717) is 11.1 Å². The first-order chi connectivity index (χ1) is 6.25. The molecule has 0 unspecified atom stereocenters. The van der Waals surface area contributed by atoms with Crippen molar-refractivity contribution < 1.29 is 21.2 Å². The summed E-state index contributed by atoms with van der Waals surface area (Å²) in [6, 6.07) is 6.77. The van der Waals surface area contributed by atoms with E-state index in [4.69, 9.17) is 11.6 Å². The van der Waals surface area contributed by atoms with Gasteiger partial charge in [0.25, 0.3) is 17.8 Å². The molecule has 2 rings (SSSR count). The van der Waals surface area contributed by atoms with Gasteiger partial charge in [-0.25, -0.2) is 4.90 Å². The molecule has 0 bridgehead atoms. The van der Waals surface area contributed by atoms with Crippen molar-refractivity contribution in [1.82, 2.24) is 4.90 Å². The maximum Gasteiger partial charge on any atom is 0.265 e. The normalized spacial score (nSPS) is 15.0. The second-order valence-corrected chi connectivity index (χ2v) is 2.97. The van der Waals surface area contributed by atoms with Gasteiger partial charge in [-0.1, -0.05) is 12.1 Å². The molecule has 1 aromatic rings. The van der Waals surface area contributed by atoms with Crippen LogP contribution in [0.4, 0.5) is 0 Å². The van der Waals surface area contributed by atoms with Gasteiger partial charge in [0.1, 0.15) is 11.6 Å². The number of alkyl halides is 1. The number of amides is 2. The fourth-order valence-corrected chi connectivity index (χ4v) is 1.59. The van der Waals surface area contributed by atoms with Crippen LogP contribution < -0.4 is 0 Å². The minimum atomic E-state index is -0.282. The Hall–Kier alpha value is -1.35. The molecule has 1 heterocycles. The summed E-state index contributed by atoms with van der Waals surface area (Å²) in [7, 11) is 0. The van der Waals surface area contributed by atoms with Gasteiger partial charge in [-0.15, -0.1) is 0 Å². The van der Waals surface area contributed by atoms with Crippen LogP contribution in [-0.2, 0) is 0 Å². The van der Waals surface area contributed by atoms with Crippen LogP contribution in [0, 0.1) is 11.6 Å². The van der Waals surface area contributed by atoms with Crippen LogP contribution in [0.15, 0.2) is 24.3 Å². The third-order valence-electron chi connectivity index (χ3n) is 2.01. The quantitative estimate of drug-likeness (QED) is 0.373. The Kier molecular flexibility index (Phi) is 1.81. The molecule has 66 valence electrons. The second kappa shape index (κ2) is 2.85. The van der Waals surface area contributed by atoms with Gasteiger partial charge < -0.3 is 0 Å². The van der Waals surface area contributed by atoms with Gasteiger partial charge in [0.05, 0.1) is 11.1 Å². The lowest BCUT2D eigenvalue weighted by Crippen LogP contribution is -2.29. The van der Waals surface area contributed by atoms with Crippen molar-refractivity contribution in [3.63, 3.8) is 0 Å². The monoisotopic (exact) mass is 196 g/mol. The van der Waals surface area contributed by atoms with Gasteiger partial charge in [0, 0.05) is 0 Å². The number of nitrogens with zero attached hydrogens (tertiary/aromatic N) is 1. The van der Waals surface area contributed by atoms with Gasteiger partial charge in [0.2, 0.25) is 0 Å². The smallest absolute Gasteiger partial charge is 0.265 e. The van der Waals surface area contributed by atoms with E-state index >= 15 is 0 Å². The molecule has 0 atom stereocenters. The minimum Gasteiger partial charge on any atom is -0.268 e. The molecule has 0 aliphatic carbocycles. The molecule has 2 amide bonds. The zero-order valence-electron chi connectivity index (χ0n) is 6.69. The van der Waals surface area contributed by atoms with Crippen LogP contribution in [0.5, 0.6) is 0 Å². The number of rotatable bonds is 1. The van der Waals surface area contributed by atoms with E-state index < -0.39 is 0 Å². The highest BCUT2D eigenvalue weighted by Gasteiger charge is 2.36. The third-order valence-corrected chi connectivity index (χ3v) is 2.27. The van der Waals surface area contributed by atoms with E-state index in [2.05, 4.69) is 0 Å². The summed E-state index contributed by atoms with van der Waals surface area (Å²) >= 11 is 4.70. The Morgan fingerprint density at radius 3 is 1.92 bits per heavy atom. The van der Waals surface area contributed by atoms with Crippen molar-refractivity contribution in [2.75, 3.05) is 6.00 Å². The first kappa shape index (κ1) is 8.26. The van der Waals surface area contributed by atoms with Crippen LogP contribution >= 0.6 is 0 Å². The Morgan fingerprint density at radius 1 is 1.08 bits per heavy atom. The number of imide groups is 1. The molecule has 0 fully saturated rings. The fourth-order valence-electron chi connectivity index (χ4n) is 1.36. The highest BCUT2D eigenvalue weighted by atomic mass is 35.5. The Morgan fingerprint density at radius 2 is 1.54 bits per heavy atom. The van der Waals surface area contributed by atoms with E-state index in [1.165, 1.54) is 0 Å². The average Bonchev–Trinajstić information content (AvgIpc) is 2.41. The molecule has 3 nitrogen and oxygen atoms in total. The lowest BCUT2D eigenvalue weighted by Gasteiger charge is -2.02. The van der Waals surface area contributed by atoms with Crippen LogP contribution in [-0.4, -0.2) is 22.7 Å². The molecule has 1 aromatic carbocycles. The van der Waals surface area contributed by atoms with Crippen LogP contribution in [0.25, 0.3) is 0 Å². The molecule has 0 spiro atoms. The molecule has 0 N–H and O–H groups in total. The average molecular weight is 197 g/mol. The summed E-state index contributed by atoms with van der Waals surface area (Å²) in [5.41, 5.74) is 0.912. The summed E-state index contributed by atoms with van der Waals surface area (Å²) in [6.45, 7) is 0. The van der Waals surface area contributed by atoms with Crippen LogP contribution in [0.1, 0.15) is 20.7 Å². The van der Waals surface area contributed by atoms with Gasteiger partial charge >= 0.3 is 0 Å². The molecule has 1 aliphatic heterocycles. The number of benzene rings is 1. The summed E-state index contributed by atoms with van der Waals surface area (Å²) in [5, 5.41) is 0. The number of hydrogen-bond donors (Lipinski definition) is 0. The molecular weight excluding hydrogens is 190 g/mol. The molecule has 4 heteroatoms. The Labute approximate surface area is 79.9 Å². The molecule has 0 radical (unpaired) electrons. The molecule has 13 heavy (non-hydrogen) atoms. The molecule has 0 aromatic heterocycles. The van der Waals surface area contributed by atoms with Gasteiger partial charge in [-0.05, 0) is 12.1 Å². The first-order valence-electron chi connectivity index (χ1n) is 3.79. The summed E-state index contributed by atoms with van der Waals surface area (Å²) in [5.74, 6) is -0.564. The van der Waals surface area contributed by atoms with E-state index in [1.54, 1.807) is 24.3 Å². The van der Waals surface area contributed by atoms with Gasteiger partial charge in [0.15, 0.2) is 0 Å². The molecule has 1 aliphatic rings. The third kappa shape index (κ3) is 1.04. The number of hydrogen-bond acceptors (Lipinski definition) is 2.